The number of hydrogen-bond acceptors (Lipinski definition) is 4. The number of halogens is 1. The molecule has 0 aliphatic heterocycles. The first-order valence-electron chi connectivity index (χ1n) is 6.58. The van der Waals surface area contributed by atoms with Gasteiger partial charge < -0.3 is 8.93 Å². The zero-order valence-corrected chi connectivity index (χ0v) is 13.2. The fourth-order valence-electron chi connectivity index (χ4n) is 1.42. The zero-order chi connectivity index (χ0) is 15.2. The number of carbonyl (C=O) groups excluding carboxylic acids is 1. The highest BCUT2D eigenvalue weighted by Gasteiger charge is 2.07. The molecule has 1 aromatic rings. The number of aliphatic hydroxyl groups is 1. The summed E-state index contributed by atoms with van der Waals surface area (Å²) < 4.78 is 4.27. The molecule has 0 radical (unpaired) electrons. The number of hydrogen-bond donors (Lipinski definition) is 1. The van der Waals surface area contributed by atoms with E-state index in [9.17, 15) is 9.90 Å². The monoisotopic (exact) mass is 341 g/mol. The van der Waals surface area contributed by atoms with E-state index < -0.39 is 0 Å². The molecule has 1 rings (SSSR count). The van der Waals surface area contributed by atoms with Crippen molar-refractivity contribution < 1.29 is 13.7 Å². The molecule has 0 saturated carbocycles. The molecule has 0 saturated heterocycles. The number of carbonyl (C=O) groups is 1. The summed E-state index contributed by atoms with van der Waals surface area (Å²) in [7, 11) is 0. The van der Waals surface area contributed by atoms with Gasteiger partial charge in [0.15, 0.2) is 16.3 Å². The van der Waals surface area contributed by atoms with Crippen molar-refractivity contribution in [2.45, 2.75) is 45.1 Å². The Labute approximate surface area is 128 Å². The molecule has 20 heavy (non-hydrogen) atoms. The average molecular weight is 342 g/mol. The number of rotatable bonds is 6. The van der Waals surface area contributed by atoms with Gasteiger partial charge in [0, 0.05) is 6.42 Å². The van der Waals surface area contributed by atoms with E-state index >= 15 is 0 Å². The van der Waals surface area contributed by atoms with Crippen LogP contribution in [0.3, 0.4) is 0 Å². The Morgan fingerprint density at radius 2 is 2.05 bits per heavy atom. The van der Waals surface area contributed by atoms with Gasteiger partial charge in [-0.25, -0.2) is 0 Å². The van der Waals surface area contributed by atoms with Gasteiger partial charge in [-0.15, -0.1) is 0 Å². The zero-order valence-electron chi connectivity index (χ0n) is 11.6. The molecule has 0 fully saturated rings. The molecule has 0 aliphatic carbocycles. The van der Waals surface area contributed by atoms with Crippen LogP contribution in [0.1, 0.15) is 44.6 Å². The number of aliphatic hydroxyl groups excluding tert-OH is 1. The molecule has 1 unspecified atom stereocenters. The van der Waals surface area contributed by atoms with Gasteiger partial charge >= 0.3 is 5.97 Å². The van der Waals surface area contributed by atoms with Crippen molar-refractivity contribution >= 4 is 22.2 Å². The van der Waals surface area contributed by atoms with Crippen LogP contribution in [0, 0.1) is 11.3 Å². The Balaban J connectivity index is 0.000000388. The first-order chi connectivity index (χ1) is 9.63. The second-order valence-corrected chi connectivity index (χ2v) is 4.59. The van der Waals surface area contributed by atoms with E-state index in [0.29, 0.717) is 12.0 Å². The molecule has 1 atom stereocenters. The standard InChI is InChI=1S/C8H15BrO3.C7H5N/c1-2-3-4-7(10)5-6-8(11)12-9;8-6-7-4-2-1-3-5-7/h7,10H,2-6H2,1H3;1-5H. The molecule has 1 N–H and O–H groups in total. The van der Waals surface area contributed by atoms with Gasteiger partial charge in [-0.1, -0.05) is 38.0 Å². The lowest BCUT2D eigenvalue weighted by Crippen LogP contribution is -2.09. The van der Waals surface area contributed by atoms with E-state index in [4.69, 9.17) is 5.26 Å². The smallest absolute Gasteiger partial charge is 0.317 e. The Kier molecular flexibility index (Phi) is 11.8. The maximum Gasteiger partial charge on any atom is 0.317 e. The highest BCUT2D eigenvalue weighted by Crippen LogP contribution is 2.07. The van der Waals surface area contributed by atoms with Gasteiger partial charge in [0.05, 0.1) is 17.7 Å². The molecule has 0 amide bonds. The molecule has 0 spiro atoms. The summed E-state index contributed by atoms with van der Waals surface area (Å²) in [6.07, 6.45) is 3.24. The summed E-state index contributed by atoms with van der Waals surface area (Å²) in [5.74, 6) is -0.328. The Bertz CT molecular complexity index is 403. The van der Waals surface area contributed by atoms with Gasteiger partial charge in [0.2, 0.25) is 0 Å². The van der Waals surface area contributed by atoms with Crippen LogP contribution in [0.25, 0.3) is 0 Å². The Morgan fingerprint density at radius 3 is 2.50 bits per heavy atom. The molecular formula is C15H20BrNO3. The van der Waals surface area contributed by atoms with Crippen LogP contribution < -0.4 is 0 Å². The normalized spacial score (nSPS) is 10.7. The van der Waals surface area contributed by atoms with E-state index in [0.717, 1.165) is 19.3 Å². The topological polar surface area (TPSA) is 70.3 Å². The van der Waals surface area contributed by atoms with Crippen LogP contribution in [0.4, 0.5) is 0 Å². The third-order valence-corrected chi connectivity index (χ3v) is 2.92. The Hall–Kier alpha value is -1.38. The van der Waals surface area contributed by atoms with Crippen molar-refractivity contribution in [3.05, 3.63) is 35.9 Å². The lowest BCUT2D eigenvalue weighted by Gasteiger charge is -2.07. The van der Waals surface area contributed by atoms with Crippen LogP contribution in [0.15, 0.2) is 30.3 Å². The van der Waals surface area contributed by atoms with Gasteiger partial charge in [-0.05, 0) is 25.0 Å². The molecular weight excluding hydrogens is 322 g/mol. The molecule has 1 aromatic carbocycles. The van der Waals surface area contributed by atoms with Crippen molar-refractivity contribution in [2.24, 2.45) is 0 Å². The second-order valence-electron chi connectivity index (χ2n) is 4.26. The van der Waals surface area contributed by atoms with Crippen LogP contribution in [0.5, 0.6) is 0 Å². The minimum atomic E-state index is -0.364. The van der Waals surface area contributed by atoms with E-state index in [1.165, 1.54) is 0 Å². The SMILES string of the molecule is CCCCC(O)CCC(=O)OBr.N#Cc1ccccc1. The predicted molar refractivity (Wildman–Crippen MR) is 80.9 cm³/mol. The van der Waals surface area contributed by atoms with Crippen molar-refractivity contribution in [3.8, 4) is 6.07 Å². The molecule has 110 valence electrons. The fourth-order valence-corrected chi connectivity index (χ4v) is 1.58. The largest absolute Gasteiger partial charge is 0.393 e. The maximum atomic E-state index is 10.6. The molecule has 0 bridgehead atoms. The van der Waals surface area contributed by atoms with Crippen LogP contribution in [-0.4, -0.2) is 17.2 Å². The third kappa shape index (κ3) is 10.5. The number of benzene rings is 1. The average Bonchev–Trinajstić information content (AvgIpc) is 2.51. The number of nitriles is 1. The van der Waals surface area contributed by atoms with Crippen LogP contribution in [-0.2, 0) is 8.62 Å². The van der Waals surface area contributed by atoms with Crippen molar-refractivity contribution in [3.63, 3.8) is 0 Å². The first kappa shape index (κ1) is 18.6. The molecule has 0 aliphatic rings. The fraction of sp³-hybridized carbons (Fsp3) is 0.467. The summed E-state index contributed by atoms with van der Waals surface area (Å²) in [6.45, 7) is 2.07. The van der Waals surface area contributed by atoms with Gasteiger partial charge in [0.25, 0.3) is 0 Å². The second kappa shape index (κ2) is 12.6. The van der Waals surface area contributed by atoms with Gasteiger partial charge in [-0.3, -0.25) is 4.79 Å². The quantitative estimate of drug-likeness (QED) is 0.855. The summed E-state index contributed by atoms with van der Waals surface area (Å²) in [4.78, 5) is 10.6. The van der Waals surface area contributed by atoms with Gasteiger partial charge in [-0.2, -0.15) is 5.26 Å². The van der Waals surface area contributed by atoms with Gasteiger partial charge in [0.1, 0.15) is 0 Å². The molecule has 0 aromatic heterocycles. The maximum absolute atomic E-state index is 10.6. The molecule has 5 heteroatoms. The highest BCUT2D eigenvalue weighted by molar-refractivity contribution is 9.06. The first-order valence-corrected chi connectivity index (χ1v) is 7.23. The number of unbranched alkanes of at least 4 members (excludes halogenated alkanes) is 1. The van der Waals surface area contributed by atoms with Crippen LogP contribution in [0.2, 0.25) is 0 Å². The molecule has 4 nitrogen and oxygen atoms in total. The van der Waals surface area contributed by atoms with Crippen LogP contribution >= 0.6 is 16.3 Å². The predicted octanol–water partition coefficient (Wildman–Crippen LogP) is 3.73. The summed E-state index contributed by atoms with van der Waals surface area (Å²) in [6, 6.07) is 11.2. The van der Waals surface area contributed by atoms with E-state index in [1.54, 1.807) is 12.1 Å². The van der Waals surface area contributed by atoms with Crippen molar-refractivity contribution in [1.29, 1.82) is 5.26 Å². The lowest BCUT2D eigenvalue weighted by molar-refractivity contribution is -0.133. The minimum absolute atomic E-state index is 0.274. The lowest BCUT2D eigenvalue weighted by atomic mass is 10.1. The minimum Gasteiger partial charge on any atom is -0.393 e. The van der Waals surface area contributed by atoms with E-state index in [-0.39, 0.29) is 18.5 Å². The summed E-state index contributed by atoms with van der Waals surface area (Å²) in [5, 5.41) is 17.6. The molecule has 0 heterocycles. The Morgan fingerprint density at radius 1 is 1.40 bits per heavy atom. The van der Waals surface area contributed by atoms with E-state index in [2.05, 4.69) is 27.0 Å². The van der Waals surface area contributed by atoms with Crippen molar-refractivity contribution in [1.82, 2.24) is 0 Å². The van der Waals surface area contributed by atoms with Crippen molar-refractivity contribution in [2.75, 3.05) is 0 Å². The van der Waals surface area contributed by atoms with E-state index in [1.807, 2.05) is 24.3 Å². The summed E-state index contributed by atoms with van der Waals surface area (Å²) >= 11 is 2.59. The number of nitrogens with zero attached hydrogens (tertiary/aromatic N) is 1. The highest BCUT2D eigenvalue weighted by atomic mass is 79.9. The summed E-state index contributed by atoms with van der Waals surface area (Å²) in [5.41, 5.74) is 0.715. The third-order valence-electron chi connectivity index (χ3n) is 2.56.